The second-order valence-electron chi connectivity index (χ2n) is 7.87. The van der Waals surface area contributed by atoms with Gasteiger partial charge in [-0.05, 0) is 43.2 Å². The number of hydrogen-bond donors (Lipinski definition) is 0. The van der Waals surface area contributed by atoms with Crippen molar-refractivity contribution in [3.63, 3.8) is 0 Å². The molecule has 0 N–H and O–H groups in total. The molecule has 0 aromatic heterocycles. The van der Waals surface area contributed by atoms with Crippen LogP contribution in [0, 0.1) is 19.8 Å². The molecule has 0 bridgehead atoms. The molecule has 5 heteroatoms. The quantitative estimate of drug-likeness (QED) is 0.616. The monoisotopic (exact) mass is 398 g/mol. The molecule has 2 heterocycles. The summed E-state index contributed by atoms with van der Waals surface area (Å²) in [6.45, 7) is 3.91. The number of aryl methyl sites for hydroxylation is 2. The molecule has 150 valence electrons. The van der Waals surface area contributed by atoms with E-state index >= 15 is 0 Å². The molecule has 3 atom stereocenters. The van der Waals surface area contributed by atoms with Gasteiger partial charge in [0.2, 0.25) is 5.91 Å². The van der Waals surface area contributed by atoms with Crippen molar-refractivity contribution in [2.75, 3.05) is 9.96 Å². The van der Waals surface area contributed by atoms with Gasteiger partial charge in [-0.25, -0.2) is 9.96 Å². The van der Waals surface area contributed by atoms with Gasteiger partial charge in [0.15, 0.2) is 6.10 Å². The van der Waals surface area contributed by atoms with Gasteiger partial charge in [-0.1, -0.05) is 66.2 Å². The predicted octanol–water partition coefficient (Wildman–Crippen LogP) is 4.35. The van der Waals surface area contributed by atoms with Crippen LogP contribution in [-0.2, 0) is 14.4 Å². The Morgan fingerprint density at radius 3 is 2.13 bits per heavy atom. The van der Waals surface area contributed by atoms with Crippen LogP contribution in [0.25, 0.3) is 0 Å². The lowest BCUT2D eigenvalue weighted by Crippen LogP contribution is -2.37. The summed E-state index contributed by atoms with van der Waals surface area (Å²) in [5, 5.41) is 1.72. The van der Waals surface area contributed by atoms with Crippen molar-refractivity contribution in [1.82, 2.24) is 0 Å². The zero-order valence-corrected chi connectivity index (χ0v) is 16.9. The van der Waals surface area contributed by atoms with E-state index < -0.39 is 12.0 Å². The number of benzene rings is 3. The molecular formula is C25H22N2O3. The van der Waals surface area contributed by atoms with Crippen molar-refractivity contribution in [3.8, 4) is 0 Å². The number of amides is 2. The van der Waals surface area contributed by atoms with Crippen LogP contribution in [0.5, 0.6) is 0 Å². The average Bonchev–Trinajstić information content (AvgIpc) is 3.26. The highest BCUT2D eigenvalue weighted by molar-refractivity contribution is 6.24. The second-order valence-corrected chi connectivity index (χ2v) is 7.87. The van der Waals surface area contributed by atoms with Crippen LogP contribution < -0.4 is 9.96 Å². The number of imide groups is 1. The molecule has 2 aliphatic rings. The van der Waals surface area contributed by atoms with Crippen molar-refractivity contribution in [1.29, 1.82) is 0 Å². The van der Waals surface area contributed by atoms with E-state index in [1.54, 1.807) is 5.06 Å². The summed E-state index contributed by atoms with van der Waals surface area (Å²) in [6, 6.07) is 24.7. The molecule has 2 saturated heterocycles. The Labute approximate surface area is 175 Å². The number of nitrogens with zero attached hydrogens (tertiary/aromatic N) is 2. The fourth-order valence-corrected chi connectivity index (χ4v) is 4.50. The topological polar surface area (TPSA) is 49.9 Å². The van der Waals surface area contributed by atoms with Crippen LogP contribution in [0.4, 0.5) is 11.4 Å². The van der Waals surface area contributed by atoms with Gasteiger partial charge in [0.1, 0.15) is 5.92 Å². The van der Waals surface area contributed by atoms with E-state index in [4.69, 9.17) is 4.84 Å². The first-order valence-electron chi connectivity index (χ1n) is 10.1. The minimum Gasteiger partial charge on any atom is -0.273 e. The SMILES string of the molecule is Cc1ccc(N2C(=O)[C@@H]3[C@@H](ON(c4ccccc4)[C@H]3c3ccccc3)C2=O)c(C)c1. The van der Waals surface area contributed by atoms with E-state index in [0.717, 1.165) is 22.4 Å². The molecule has 2 amide bonds. The lowest BCUT2D eigenvalue weighted by atomic mass is 9.90. The zero-order valence-electron chi connectivity index (χ0n) is 16.9. The summed E-state index contributed by atoms with van der Waals surface area (Å²) < 4.78 is 0. The number of anilines is 2. The lowest BCUT2D eigenvalue weighted by molar-refractivity contribution is -0.126. The van der Waals surface area contributed by atoms with Crippen LogP contribution in [0.2, 0.25) is 0 Å². The first-order chi connectivity index (χ1) is 14.6. The number of carbonyl (C=O) groups is 2. The van der Waals surface area contributed by atoms with E-state index in [0.29, 0.717) is 5.69 Å². The van der Waals surface area contributed by atoms with Crippen molar-refractivity contribution in [3.05, 3.63) is 95.6 Å². The maximum absolute atomic E-state index is 13.6. The van der Waals surface area contributed by atoms with Crippen molar-refractivity contribution < 1.29 is 14.4 Å². The van der Waals surface area contributed by atoms with E-state index in [9.17, 15) is 9.59 Å². The molecule has 0 aliphatic carbocycles. The molecule has 5 nitrogen and oxygen atoms in total. The van der Waals surface area contributed by atoms with Gasteiger partial charge in [-0.2, -0.15) is 0 Å². The van der Waals surface area contributed by atoms with Gasteiger partial charge >= 0.3 is 0 Å². The zero-order chi connectivity index (χ0) is 20.8. The number of para-hydroxylation sites is 1. The normalized spacial score (nSPS) is 23.2. The van der Waals surface area contributed by atoms with E-state index in [2.05, 4.69) is 0 Å². The van der Waals surface area contributed by atoms with Gasteiger partial charge < -0.3 is 0 Å². The standard InChI is InChI=1S/C25H22N2O3/c1-16-13-14-20(17(2)15-16)26-24(28)21-22(18-9-5-3-6-10-18)27(30-23(21)25(26)29)19-11-7-4-8-12-19/h3-15,21-23H,1-2H3/t21-,22-,23+/m0/s1. The Morgan fingerprint density at radius 2 is 1.47 bits per heavy atom. The Morgan fingerprint density at radius 1 is 0.800 bits per heavy atom. The Kier molecular flexibility index (Phi) is 4.40. The summed E-state index contributed by atoms with van der Waals surface area (Å²) >= 11 is 0. The first-order valence-corrected chi connectivity index (χ1v) is 10.1. The highest BCUT2D eigenvalue weighted by Crippen LogP contribution is 2.47. The number of carbonyl (C=O) groups excluding carboxylic acids is 2. The number of rotatable bonds is 3. The molecule has 0 unspecified atom stereocenters. The highest BCUT2D eigenvalue weighted by Gasteiger charge is 2.60. The minimum atomic E-state index is -0.844. The third-order valence-electron chi connectivity index (χ3n) is 5.86. The Balaban J connectivity index is 1.59. The Hall–Kier alpha value is -3.44. The van der Waals surface area contributed by atoms with Crippen molar-refractivity contribution in [2.24, 2.45) is 5.92 Å². The summed E-state index contributed by atoms with van der Waals surface area (Å²) in [7, 11) is 0. The van der Waals surface area contributed by atoms with E-state index in [-0.39, 0.29) is 17.9 Å². The summed E-state index contributed by atoms with van der Waals surface area (Å²) in [4.78, 5) is 34.4. The summed E-state index contributed by atoms with van der Waals surface area (Å²) in [6.07, 6.45) is -0.844. The predicted molar refractivity (Wildman–Crippen MR) is 115 cm³/mol. The fraction of sp³-hybridized carbons (Fsp3) is 0.200. The van der Waals surface area contributed by atoms with Gasteiger partial charge in [0, 0.05) is 0 Å². The largest absolute Gasteiger partial charge is 0.273 e. The maximum atomic E-state index is 13.6. The van der Waals surface area contributed by atoms with Crippen molar-refractivity contribution in [2.45, 2.75) is 26.0 Å². The molecule has 3 aromatic rings. The van der Waals surface area contributed by atoms with E-state index in [1.165, 1.54) is 4.90 Å². The fourth-order valence-electron chi connectivity index (χ4n) is 4.50. The smallest absolute Gasteiger partial charge is 0.266 e. The summed E-state index contributed by atoms with van der Waals surface area (Å²) in [5.74, 6) is -1.14. The van der Waals surface area contributed by atoms with Gasteiger partial charge in [-0.3, -0.25) is 14.4 Å². The third kappa shape index (κ3) is 2.82. The molecule has 5 rings (SSSR count). The number of hydrogen-bond acceptors (Lipinski definition) is 4. The molecule has 2 aliphatic heterocycles. The maximum Gasteiger partial charge on any atom is 0.266 e. The molecule has 0 radical (unpaired) electrons. The third-order valence-corrected chi connectivity index (χ3v) is 5.86. The molecule has 0 spiro atoms. The highest BCUT2D eigenvalue weighted by atomic mass is 16.7. The van der Waals surface area contributed by atoms with Crippen molar-refractivity contribution >= 4 is 23.2 Å². The molecular weight excluding hydrogens is 376 g/mol. The Bertz CT molecular complexity index is 1110. The average molecular weight is 398 g/mol. The first kappa shape index (κ1) is 18.6. The molecule has 0 saturated carbocycles. The van der Waals surface area contributed by atoms with Gasteiger partial charge in [-0.15, -0.1) is 0 Å². The van der Waals surface area contributed by atoms with Crippen LogP contribution >= 0.6 is 0 Å². The van der Waals surface area contributed by atoms with E-state index in [1.807, 2.05) is 92.7 Å². The number of fused-ring (bicyclic) bond motifs is 1. The van der Waals surface area contributed by atoms with Crippen LogP contribution in [0.3, 0.4) is 0 Å². The molecule has 3 aromatic carbocycles. The molecule has 2 fully saturated rings. The minimum absolute atomic E-state index is 0.218. The van der Waals surface area contributed by atoms with Crippen LogP contribution in [-0.4, -0.2) is 17.9 Å². The van der Waals surface area contributed by atoms with Gasteiger partial charge in [0.25, 0.3) is 5.91 Å². The van der Waals surface area contributed by atoms with Crippen LogP contribution in [0.1, 0.15) is 22.7 Å². The summed E-state index contributed by atoms with van der Waals surface area (Å²) in [5.41, 5.74) is 4.38. The molecule has 30 heavy (non-hydrogen) atoms. The second kappa shape index (κ2) is 7.11. The lowest BCUT2D eigenvalue weighted by Gasteiger charge is -2.29. The van der Waals surface area contributed by atoms with Crippen LogP contribution in [0.15, 0.2) is 78.9 Å². The van der Waals surface area contributed by atoms with Gasteiger partial charge in [0.05, 0.1) is 17.4 Å². The number of hydroxylamine groups is 1.